The van der Waals surface area contributed by atoms with Gasteiger partial charge >= 0.3 is 0 Å². The molecule has 2 aliphatic rings. The number of benzene rings is 1. The molecule has 1 aliphatic heterocycles. The molecule has 3 rings (SSSR count). The molecule has 0 bridgehead atoms. The molecule has 0 radical (unpaired) electrons. The van der Waals surface area contributed by atoms with Crippen molar-refractivity contribution in [3.63, 3.8) is 0 Å². The van der Waals surface area contributed by atoms with Gasteiger partial charge in [0, 0.05) is 11.1 Å². The molecule has 104 valence electrons. The molecule has 0 spiro atoms. The third kappa shape index (κ3) is 3.12. The molecule has 2 atom stereocenters. The van der Waals surface area contributed by atoms with E-state index < -0.39 is 9.84 Å². The van der Waals surface area contributed by atoms with E-state index in [1.165, 1.54) is 11.1 Å². The van der Waals surface area contributed by atoms with Crippen molar-refractivity contribution in [2.24, 2.45) is 5.92 Å². The second-order valence-corrected chi connectivity index (χ2v) is 8.36. The zero-order valence-electron chi connectivity index (χ0n) is 10.7. The van der Waals surface area contributed by atoms with Crippen molar-refractivity contribution in [1.29, 1.82) is 0 Å². The number of halogens is 1. The largest absolute Gasteiger partial charge is 0.313 e. The van der Waals surface area contributed by atoms with Crippen LogP contribution < -0.4 is 5.32 Å². The summed E-state index contributed by atoms with van der Waals surface area (Å²) in [5.41, 5.74) is 2.69. The van der Waals surface area contributed by atoms with Gasteiger partial charge in [-0.3, -0.25) is 0 Å². The van der Waals surface area contributed by atoms with Crippen LogP contribution in [0, 0.1) is 5.92 Å². The van der Waals surface area contributed by atoms with Crippen molar-refractivity contribution in [3.8, 4) is 0 Å². The number of hydrogen-bond acceptors (Lipinski definition) is 3. The van der Waals surface area contributed by atoms with Crippen molar-refractivity contribution >= 4 is 21.4 Å². The molecule has 0 amide bonds. The van der Waals surface area contributed by atoms with Gasteiger partial charge in [0.15, 0.2) is 9.84 Å². The summed E-state index contributed by atoms with van der Waals surface area (Å²) in [6.07, 6.45) is 2.82. The molecule has 0 aromatic heterocycles. The predicted octanol–water partition coefficient (Wildman–Crippen LogP) is 1.83. The quantitative estimate of drug-likeness (QED) is 0.926. The van der Waals surface area contributed by atoms with Crippen LogP contribution in [0.15, 0.2) is 18.2 Å². The van der Waals surface area contributed by atoms with E-state index in [-0.39, 0.29) is 5.92 Å². The van der Waals surface area contributed by atoms with Crippen LogP contribution in [0.3, 0.4) is 0 Å². The van der Waals surface area contributed by atoms with Crippen LogP contribution >= 0.6 is 11.6 Å². The van der Waals surface area contributed by atoms with E-state index >= 15 is 0 Å². The molecule has 1 aliphatic carbocycles. The minimum Gasteiger partial charge on any atom is -0.313 e. The Morgan fingerprint density at radius 3 is 2.79 bits per heavy atom. The van der Waals surface area contributed by atoms with Gasteiger partial charge in [-0.05, 0) is 55.0 Å². The predicted molar refractivity (Wildman–Crippen MR) is 77.4 cm³/mol. The molecule has 1 saturated heterocycles. The van der Waals surface area contributed by atoms with Gasteiger partial charge in [0.2, 0.25) is 0 Å². The Morgan fingerprint density at radius 1 is 1.26 bits per heavy atom. The molecule has 1 heterocycles. The molecule has 2 unspecified atom stereocenters. The van der Waals surface area contributed by atoms with Crippen molar-refractivity contribution < 1.29 is 8.42 Å². The van der Waals surface area contributed by atoms with E-state index in [9.17, 15) is 8.42 Å². The van der Waals surface area contributed by atoms with Crippen LogP contribution in [0.4, 0.5) is 0 Å². The zero-order valence-corrected chi connectivity index (χ0v) is 12.3. The zero-order chi connectivity index (χ0) is 13.5. The first-order valence-corrected chi connectivity index (χ1v) is 8.93. The molecular weight excluding hydrogens is 282 g/mol. The number of fused-ring (bicyclic) bond motifs is 1. The van der Waals surface area contributed by atoms with Crippen molar-refractivity contribution in [2.75, 3.05) is 18.1 Å². The van der Waals surface area contributed by atoms with Gasteiger partial charge in [0.05, 0.1) is 11.5 Å². The molecule has 1 aromatic carbocycles. The van der Waals surface area contributed by atoms with Crippen LogP contribution in [-0.2, 0) is 22.7 Å². The van der Waals surface area contributed by atoms with Gasteiger partial charge in [-0.25, -0.2) is 8.42 Å². The van der Waals surface area contributed by atoms with Crippen LogP contribution in [0.2, 0.25) is 5.02 Å². The standard InChI is InChI=1S/C14H18ClNO2S/c15-13-2-1-11-6-14(7-12(11)5-13)16-8-10-3-4-19(17,18)9-10/h1-2,5,10,14,16H,3-4,6-9H2. The van der Waals surface area contributed by atoms with Crippen molar-refractivity contribution in [1.82, 2.24) is 5.32 Å². The average molecular weight is 300 g/mol. The van der Waals surface area contributed by atoms with Crippen molar-refractivity contribution in [2.45, 2.75) is 25.3 Å². The number of nitrogens with one attached hydrogen (secondary N) is 1. The van der Waals surface area contributed by atoms with Gasteiger partial charge in [0.25, 0.3) is 0 Å². The van der Waals surface area contributed by atoms with Crippen molar-refractivity contribution in [3.05, 3.63) is 34.3 Å². The molecule has 5 heteroatoms. The van der Waals surface area contributed by atoms with Gasteiger partial charge in [-0.2, -0.15) is 0 Å². The Morgan fingerprint density at radius 2 is 2.05 bits per heavy atom. The topological polar surface area (TPSA) is 46.2 Å². The molecule has 19 heavy (non-hydrogen) atoms. The Labute approximate surface area is 119 Å². The molecule has 1 N–H and O–H groups in total. The first-order valence-electron chi connectivity index (χ1n) is 6.73. The fourth-order valence-corrected chi connectivity index (χ4v) is 5.15. The minimum absolute atomic E-state index is 0.289. The summed E-state index contributed by atoms with van der Waals surface area (Å²) in [5, 5.41) is 4.31. The van der Waals surface area contributed by atoms with Gasteiger partial charge in [-0.1, -0.05) is 17.7 Å². The highest BCUT2D eigenvalue weighted by atomic mass is 35.5. The Balaban J connectivity index is 1.54. The maximum atomic E-state index is 11.4. The van der Waals surface area contributed by atoms with E-state index in [4.69, 9.17) is 11.6 Å². The Bertz CT molecular complexity index is 585. The summed E-state index contributed by atoms with van der Waals surface area (Å²) in [4.78, 5) is 0. The first-order chi connectivity index (χ1) is 9.02. The van der Waals surface area contributed by atoms with Gasteiger partial charge in [0.1, 0.15) is 0 Å². The van der Waals surface area contributed by atoms with E-state index in [1.54, 1.807) is 0 Å². The highest BCUT2D eigenvalue weighted by molar-refractivity contribution is 7.91. The third-order valence-corrected chi connectivity index (χ3v) is 6.19. The normalized spacial score (nSPS) is 28.5. The molecule has 3 nitrogen and oxygen atoms in total. The van der Waals surface area contributed by atoms with Crippen LogP contribution in [0.1, 0.15) is 17.5 Å². The maximum Gasteiger partial charge on any atom is 0.150 e. The molecule has 0 saturated carbocycles. The van der Waals surface area contributed by atoms with Gasteiger partial charge < -0.3 is 5.32 Å². The third-order valence-electron chi connectivity index (χ3n) is 4.12. The lowest BCUT2D eigenvalue weighted by atomic mass is 10.1. The highest BCUT2D eigenvalue weighted by Crippen LogP contribution is 2.26. The van der Waals surface area contributed by atoms with E-state index in [0.29, 0.717) is 17.5 Å². The second kappa shape index (κ2) is 5.08. The monoisotopic (exact) mass is 299 g/mol. The number of sulfone groups is 1. The summed E-state index contributed by atoms with van der Waals surface area (Å²) in [7, 11) is -2.76. The molecule has 1 fully saturated rings. The summed E-state index contributed by atoms with van der Waals surface area (Å²) >= 11 is 6.00. The van der Waals surface area contributed by atoms with Crippen LogP contribution in [0.25, 0.3) is 0 Å². The smallest absolute Gasteiger partial charge is 0.150 e. The minimum atomic E-state index is -2.76. The summed E-state index contributed by atoms with van der Waals surface area (Å²) in [6.45, 7) is 0.811. The van der Waals surface area contributed by atoms with Crippen LogP contribution in [-0.4, -0.2) is 32.5 Å². The summed E-state index contributed by atoms with van der Waals surface area (Å²) < 4.78 is 22.8. The molecular formula is C14H18ClNO2S. The fraction of sp³-hybridized carbons (Fsp3) is 0.571. The lowest BCUT2D eigenvalue weighted by Crippen LogP contribution is -2.34. The maximum absolute atomic E-state index is 11.4. The Hall–Kier alpha value is -0.580. The van der Waals surface area contributed by atoms with E-state index in [1.807, 2.05) is 12.1 Å². The van der Waals surface area contributed by atoms with Crippen LogP contribution in [0.5, 0.6) is 0 Å². The fourth-order valence-electron chi connectivity index (χ4n) is 3.10. The molecule has 1 aromatic rings. The number of hydrogen-bond donors (Lipinski definition) is 1. The summed E-state index contributed by atoms with van der Waals surface area (Å²) in [5.74, 6) is 1.00. The average Bonchev–Trinajstić information content (AvgIpc) is 2.89. The highest BCUT2D eigenvalue weighted by Gasteiger charge is 2.29. The SMILES string of the molecule is O=S1(=O)CCC(CNC2Cc3ccc(Cl)cc3C2)C1. The summed E-state index contributed by atoms with van der Waals surface area (Å²) in [6, 6.07) is 6.50. The lowest BCUT2D eigenvalue weighted by Gasteiger charge is -2.15. The number of rotatable bonds is 3. The second-order valence-electron chi connectivity index (χ2n) is 5.70. The first kappa shape index (κ1) is 13.4. The van der Waals surface area contributed by atoms with E-state index in [2.05, 4.69) is 11.4 Å². The van der Waals surface area contributed by atoms with Gasteiger partial charge in [-0.15, -0.1) is 0 Å². The Kier molecular flexibility index (Phi) is 3.58. The van der Waals surface area contributed by atoms with E-state index in [0.717, 1.165) is 30.8 Å². The lowest BCUT2D eigenvalue weighted by molar-refractivity contribution is 0.458.